The van der Waals surface area contributed by atoms with E-state index in [9.17, 15) is 4.79 Å². The van der Waals surface area contributed by atoms with Gasteiger partial charge < -0.3 is 11.1 Å². The van der Waals surface area contributed by atoms with Crippen molar-refractivity contribution in [2.24, 2.45) is 11.7 Å². The Balaban J connectivity index is 0.00000192. The second-order valence-corrected chi connectivity index (χ2v) is 6.35. The number of hydrogen-bond donors (Lipinski definition) is 2. The molecule has 124 valence electrons. The number of carbonyl (C=O) groups excluding carboxylic acids is 1. The molecule has 0 aromatic heterocycles. The first kappa shape index (κ1) is 17.8. The van der Waals surface area contributed by atoms with Crippen molar-refractivity contribution in [2.75, 3.05) is 6.54 Å². The third-order valence-electron chi connectivity index (χ3n) is 4.61. The second kappa shape index (κ2) is 8.32. The Bertz CT molecular complexity index is 659. The molecule has 0 spiro atoms. The fourth-order valence-corrected chi connectivity index (χ4v) is 3.33. The predicted octanol–water partition coefficient (Wildman–Crippen LogP) is 3.44. The predicted molar refractivity (Wildman–Crippen MR) is 97.8 cm³/mol. The molecule has 0 saturated heterocycles. The molecule has 3 N–H and O–H groups in total. The Labute approximate surface area is 144 Å². The van der Waals surface area contributed by atoms with E-state index in [2.05, 4.69) is 47.8 Å². The molecule has 4 heteroatoms. The maximum Gasteiger partial charge on any atom is 0.223 e. The molecule has 3 rings (SSSR count). The minimum absolute atomic E-state index is 0. The quantitative estimate of drug-likeness (QED) is 0.901. The maximum atomic E-state index is 12.2. The molecule has 2 aromatic rings. The van der Waals surface area contributed by atoms with Crippen molar-refractivity contribution >= 4 is 29.1 Å². The summed E-state index contributed by atoms with van der Waals surface area (Å²) in [6.07, 6.45) is 4.82. The van der Waals surface area contributed by atoms with E-state index in [1.165, 1.54) is 16.3 Å². The Morgan fingerprint density at radius 2 is 1.91 bits per heavy atom. The molecule has 1 saturated carbocycles. The monoisotopic (exact) mass is 332 g/mol. The minimum Gasteiger partial charge on any atom is -0.356 e. The molecule has 2 aromatic carbocycles. The maximum absolute atomic E-state index is 12.2. The molecule has 1 fully saturated rings. The first-order chi connectivity index (χ1) is 10.7. The van der Waals surface area contributed by atoms with E-state index in [1.807, 2.05) is 0 Å². The van der Waals surface area contributed by atoms with Crippen LogP contribution in [0.25, 0.3) is 10.8 Å². The van der Waals surface area contributed by atoms with Crippen LogP contribution < -0.4 is 11.1 Å². The van der Waals surface area contributed by atoms with E-state index >= 15 is 0 Å². The molecule has 23 heavy (non-hydrogen) atoms. The third-order valence-corrected chi connectivity index (χ3v) is 4.61. The van der Waals surface area contributed by atoms with Crippen LogP contribution in [0.1, 0.15) is 31.2 Å². The smallest absolute Gasteiger partial charge is 0.223 e. The van der Waals surface area contributed by atoms with E-state index in [1.54, 1.807) is 0 Å². The van der Waals surface area contributed by atoms with Crippen molar-refractivity contribution in [3.05, 3.63) is 48.0 Å². The van der Waals surface area contributed by atoms with Gasteiger partial charge in [-0.2, -0.15) is 0 Å². The van der Waals surface area contributed by atoms with Gasteiger partial charge in [-0.3, -0.25) is 4.79 Å². The molecule has 0 heterocycles. The molecule has 1 aliphatic carbocycles. The van der Waals surface area contributed by atoms with Crippen molar-refractivity contribution in [1.29, 1.82) is 0 Å². The van der Waals surface area contributed by atoms with Gasteiger partial charge in [0.2, 0.25) is 5.91 Å². The van der Waals surface area contributed by atoms with Gasteiger partial charge >= 0.3 is 0 Å². The standard InChI is InChI=1S/C19H24N2O.ClH/c20-18-7-3-6-17(13-18)19(22)21-11-10-14-8-9-15-4-1-2-5-16(15)12-14;/h1-2,4-5,8-9,12,17-18H,3,6-7,10-11,13,20H2,(H,21,22);1H. The molecule has 0 radical (unpaired) electrons. The summed E-state index contributed by atoms with van der Waals surface area (Å²) in [4.78, 5) is 12.2. The van der Waals surface area contributed by atoms with Crippen molar-refractivity contribution in [3.63, 3.8) is 0 Å². The number of amides is 1. The van der Waals surface area contributed by atoms with Gasteiger partial charge in [0, 0.05) is 18.5 Å². The zero-order valence-corrected chi connectivity index (χ0v) is 14.1. The summed E-state index contributed by atoms with van der Waals surface area (Å²) in [5.74, 6) is 0.288. The van der Waals surface area contributed by atoms with Crippen molar-refractivity contribution < 1.29 is 4.79 Å². The minimum atomic E-state index is 0. The van der Waals surface area contributed by atoms with Gasteiger partial charge in [0.15, 0.2) is 0 Å². The molecule has 0 aliphatic heterocycles. The first-order valence-electron chi connectivity index (χ1n) is 8.23. The zero-order valence-electron chi connectivity index (χ0n) is 13.3. The fraction of sp³-hybridized carbons (Fsp3) is 0.421. The topological polar surface area (TPSA) is 55.1 Å². The second-order valence-electron chi connectivity index (χ2n) is 6.35. The van der Waals surface area contributed by atoms with Gasteiger partial charge in [-0.05, 0) is 42.0 Å². The normalized spacial score (nSPS) is 20.7. The highest BCUT2D eigenvalue weighted by molar-refractivity contribution is 5.85. The van der Waals surface area contributed by atoms with E-state index in [-0.39, 0.29) is 30.3 Å². The molecule has 2 atom stereocenters. The number of fused-ring (bicyclic) bond motifs is 1. The Kier molecular flexibility index (Phi) is 6.43. The number of nitrogens with one attached hydrogen (secondary N) is 1. The van der Waals surface area contributed by atoms with E-state index in [0.29, 0.717) is 6.54 Å². The highest BCUT2D eigenvalue weighted by atomic mass is 35.5. The first-order valence-corrected chi connectivity index (χ1v) is 8.23. The van der Waals surface area contributed by atoms with Gasteiger partial charge in [-0.25, -0.2) is 0 Å². The van der Waals surface area contributed by atoms with Crippen LogP contribution in [0.3, 0.4) is 0 Å². The summed E-state index contributed by atoms with van der Waals surface area (Å²) in [5.41, 5.74) is 7.22. The highest BCUT2D eigenvalue weighted by Crippen LogP contribution is 2.23. The molecular formula is C19H25ClN2O. The summed E-state index contributed by atoms with van der Waals surface area (Å²) in [6, 6.07) is 15.0. The van der Waals surface area contributed by atoms with Gasteiger partial charge in [0.1, 0.15) is 0 Å². The van der Waals surface area contributed by atoms with E-state index in [4.69, 9.17) is 5.73 Å². The summed E-state index contributed by atoms with van der Waals surface area (Å²) < 4.78 is 0. The van der Waals surface area contributed by atoms with Crippen LogP contribution >= 0.6 is 12.4 Å². The van der Waals surface area contributed by atoms with Crippen LogP contribution in [-0.2, 0) is 11.2 Å². The lowest BCUT2D eigenvalue weighted by atomic mass is 9.85. The van der Waals surface area contributed by atoms with E-state index < -0.39 is 0 Å². The number of halogens is 1. The van der Waals surface area contributed by atoms with E-state index in [0.717, 1.165) is 32.1 Å². The van der Waals surface area contributed by atoms with Crippen molar-refractivity contribution in [1.82, 2.24) is 5.32 Å². The summed E-state index contributed by atoms with van der Waals surface area (Å²) in [7, 11) is 0. The van der Waals surface area contributed by atoms with Crippen LogP contribution in [0, 0.1) is 5.92 Å². The number of nitrogens with two attached hydrogens (primary N) is 1. The average Bonchev–Trinajstić information content (AvgIpc) is 2.54. The summed E-state index contributed by atoms with van der Waals surface area (Å²) in [5, 5.41) is 5.59. The number of benzene rings is 2. The molecule has 1 amide bonds. The van der Waals surface area contributed by atoms with Crippen LogP contribution in [0.5, 0.6) is 0 Å². The van der Waals surface area contributed by atoms with Crippen LogP contribution in [0.4, 0.5) is 0 Å². The van der Waals surface area contributed by atoms with Gasteiger partial charge in [-0.15, -0.1) is 12.4 Å². The molecule has 3 nitrogen and oxygen atoms in total. The largest absolute Gasteiger partial charge is 0.356 e. The molecule has 0 bridgehead atoms. The SMILES string of the molecule is Cl.NC1CCCC(C(=O)NCCc2ccc3ccccc3c2)C1. The molecule has 1 aliphatic rings. The zero-order chi connectivity index (χ0) is 15.4. The average molecular weight is 333 g/mol. The fourth-order valence-electron chi connectivity index (χ4n) is 3.33. The third kappa shape index (κ3) is 4.69. The summed E-state index contributed by atoms with van der Waals surface area (Å²) in [6.45, 7) is 0.697. The van der Waals surface area contributed by atoms with Crippen LogP contribution in [-0.4, -0.2) is 18.5 Å². The van der Waals surface area contributed by atoms with Crippen LogP contribution in [0.2, 0.25) is 0 Å². The Morgan fingerprint density at radius 3 is 2.70 bits per heavy atom. The van der Waals surface area contributed by atoms with Crippen molar-refractivity contribution in [3.8, 4) is 0 Å². The Hall–Kier alpha value is -1.58. The Morgan fingerprint density at radius 1 is 1.13 bits per heavy atom. The molecular weight excluding hydrogens is 308 g/mol. The van der Waals surface area contributed by atoms with Crippen molar-refractivity contribution in [2.45, 2.75) is 38.1 Å². The lowest BCUT2D eigenvalue weighted by molar-refractivity contribution is -0.126. The lowest BCUT2D eigenvalue weighted by Gasteiger charge is -2.25. The highest BCUT2D eigenvalue weighted by Gasteiger charge is 2.24. The summed E-state index contributed by atoms with van der Waals surface area (Å²) >= 11 is 0. The van der Waals surface area contributed by atoms with Crippen LogP contribution in [0.15, 0.2) is 42.5 Å². The number of rotatable bonds is 4. The van der Waals surface area contributed by atoms with Gasteiger partial charge in [-0.1, -0.05) is 48.9 Å². The molecule has 2 unspecified atom stereocenters. The number of carbonyl (C=O) groups is 1. The van der Waals surface area contributed by atoms with Gasteiger partial charge in [0.05, 0.1) is 0 Å². The number of hydrogen-bond acceptors (Lipinski definition) is 2. The lowest BCUT2D eigenvalue weighted by Crippen LogP contribution is -2.38. The van der Waals surface area contributed by atoms with Gasteiger partial charge in [0.25, 0.3) is 0 Å².